The number of nitrogen functional groups attached to an aromatic ring is 1. The molecule has 1 unspecified atom stereocenters. The van der Waals surface area contributed by atoms with Crippen LogP contribution < -0.4 is 16.0 Å². The van der Waals surface area contributed by atoms with E-state index in [1.54, 1.807) is 7.11 Å². The van der Waals surface area contributed by atoms with Crippen LogP contribution in [0.5, 0.6) is 5.88 Å². The van der Waals surface area contributed by atoms with Crippen molar-refractivity contribution in [2.75, 3.05) is 19.1 Å². The lowest BCUT2D eigenvalue weighted by Gasteiger charge is -2.17. The minimum absolute atomic E-state index is 0.0748. The number of hydrazine groups is 1. The van der Waals surface area contributed by atoms with E-state index < -0.39 is 0 Å². The Kier molecular flexibility index (Phi) is 5.30. The van der Waals surface area contributed by atoms with E-state index in [0.717, 1.165) is 5.56 Å². The molecule has 0 aliphatic heterocycles. The largest absolute Gasteiger partial charge is 0.472 e. The molecule has 6 heteroatoms. The minimum atomic E-state index is -0.0748. The van der Waals surface area contributed by atoms with E-state index in [4.69, 9.17) is 15.3 Å². The summed E-state index contributed by atoms with van der Waals surface area (Å²) >= 11 is 0. The summed E-state index contributed by atoms with van der Waals surface area (Å²) in [4.78, 5) is 8.76. The number of nitrogens with zero attached hydrogens (tertiary/aromatic N) is 2. The lowest BCUT2D eigenvalue weighted by atomic mass is 10.2. The van der Waals surface area contributed by atoms with Crippen LogP contribution in [-0.2, 0) is 4.74 Å². The second kappa shape index (κ2) is 6.51. The lowest BCUT2D eigenvalue weighted by Crippen LogP contribution is -2.21. The Morgan fingerprint density at radius 1 is 1.28 bits per heavy atom. The predicted octanol–water partition coefficient (Wildman–Crippen LogP) is 1.61. The standard InChI is InChI=1S/C12H22N4O2/c1-7(2)10-14-11(16-13)9(4)12(15-10)18-8(3)6-17-5/h7-8H,6,13H2,1-5H3,(H,14,15,16). The minimum Gasteiger partial charge on any atom is -0.472 e. The fourth-order valence-electron chi connectivity index (χ4n) is 1.49. The van der Waals surface area contributed by atoms with Crippen molar-refractivity contribution in [2.45, 2.75) is 39.7 Å². The Hall–Kier alpha value is -1.40. The van der Waals surface area contributed by atoms with Gasteiger partial charge in [-0.15, -0.1) is 0 Å². The van der Waals surface area contributed by atoms with Gasteiger partial charge in [0.25, 0.3) is 0 Å². The van der Waals surface area contributed by atoms with E-state index >= 15 is 0 Å². The Balaban J connectivity index is 3.04. The number of hydrogen-bond acceptors (Lipinski definition) is 6. The molecule has 0 spiro atoms. The first kappa shape index (κ1) is 14.7. The normalized spacial score (nSPS) is 12.6. The molecule has 0 aromatic carbocycles. The molecule has 102 valence electrons. The van der Waals surface area contributed by atoms with Crippen molar-refractivity contribution in [2.24, 2.45) is 5.84 Å². The quantitative estimate of drug-likeness (QED) is 0.593. The summed E-state index contributed by atoms with van der Waals surface area (Å²) in [6.45, 7) is 8.34. The Morgan fingerprint density at radius 3 is 2.44 bits per heavy atom. The molecule has 1 atom stereocenters. The van der Waals surface area contributed by atoms with E-state index in [1.807, 2.05) is 27.7 Å². The number of rotatable bonds is 6. The van der Waals surface area contributed by atoms with E-state index in [1.165, 1.54) is 0 Å². The van der Waals surface area contributed by atoms with Crippen molar-refractivity contribution in [3.8, 4) is 5.88 Å². The highest BCUT2D eigenvalue weighted by Crippen LogP contribution is 2.25. The number of ether oxygens (including phenoxy) is 2. The third-order valence-corrected chi connectivity index (χ3v) is 2.49. The number of nitrogens with two attached hydrogens (primary N) is 1. The van der Waals surface area contributed by atoms with Crippen LogP contribution in [0, 0.1) is 6.92 Å². The van der Waals surface area contributed by atoms with Crippen molar-refractivity contribution in [1.82, 2.24) is 9.97 Å². The summed E-state index contributed by atoms with van der Waals surface area (Å²) in [7, 11) is 1.64. The summed E-state index contributed by atoms with van der Waals surface area (Å²) in [5, 5.41) is 0. The molecular formula is C12H22N4O2. The van der Waals surface area contributed by atoms with Crippen molar-refractivity contribution in [1.29, 1.82) is 0 Å². The smallest absolute Gasteiger partial charge is 0.222 e. The van der Waals surface area contributed by atoms with Gasteiger partial charge in [-0.05, 0) is 13.8 Å². The van der Waals surface area contributed by atoms with E-state index in [0.29, 0.717) is 24.1 Å². The van der Waals surface area contributed by atoms with Crippen LogP contribution in [0.25, 0.3) is 0 Å². The zero-order valence-electron chi connectivity index (χ0n) is 11.7. The second-order valence-electron chi connectivity index (χ2n) is 4.54. The molecule has 1 rings (SSSR count). The summed E-state index contributed by atoms with van der Waals surface area (Å²) in [6.07, 6.45) is -0.0748. The van der Waals surface area contributed by atoms with Crippen molar-refractivity contribution in [3.63, 3.8) is 0 Å². The summed E-state index contributed by atoms with van der Waals surface area (Å²) in [5.74, 6) is 7.50. The molecule has 0 radical (unpaired) electrons. The van der Waals surface area contributed by atoms with E-state index in [2.05, 4.69) is 15.4 Å². The fraction of sp³-hybridized carbons (Fsp3) is 0.667. The Morgan fingerprint density at radius 2 is 1.94 bits per heavy atom. The molecule has 0 fully saturated rings. The van der Waals surface area contributed by atoms with Gasteiger partial charge in [-0.2, -0.15) is 4.98 Å². The van der Waals surface area contributed by atoms with Crippen molar-refractivity contribution < 1.29 is 9.47 Å². The maximum Gasteiger partial charge on any atom is 0.222 e. The molecule has 0 saturated heterocycles. The molecular weight excluding hydrogens is 232 g/mol. The molecule has 1 aromatic heterocycles. The summed E-state index contributed by atoms with van der Waals surface area (Å²) < 4.78 is 10.8. The molecule has 6 nitrogen and oxygen atoms in total. The first-order valence-electron chi connectivity index (χ1n) is 6.00. The number of hydrogen-bond donors (Lipinski definition) is 2. The zero-order valence-corrected chi connectivity index (χ0v) is 11.7. The van der Waals surface area contributed by atoms with Gasteiger partial charge >= 0.3 is 0 Å². The van der Waals surface area contributed by atoms with Gasteiger partial charge in [-0.1, -0.05) is 13.8 Å². The molecule has 1 aromatic rings. The average Bonchev–Trinajstić information content (AvgIpc) is 2.31. The summed E-state index contributed by atoms with van der Waals surface area (Å²) in [6, 6.07) is 0. The highest BCUT2D eigenvalue weighted by Gasteiger charge is 2.15. The van der Waals surface area contributed by atoms with Crippen LogP contribution in [-0.4, -0.2) is 29.8 Å². The summed E-state index contributed by atoms with van der Waals surface area (Å²) in [5.41, 5.74) is 3.37. The monoisotopic (exact) mass is 254 g/mol. The fourth-order valence-corrected chi connectivity index (χ4v) is 1.49. The third-order valence-electron chi connectivity index (χ3n) is 2.49. The van der Waals surface area contributed by atoms with Gasteiger partial charge in [0, 0.05) is 13.0 Å². The van der Waals surface area contributed by atoms with Crippen molar-refractivity contribution in [3.05, 3.63) is 11.4 Å². The van der Waals surface area contributed by atoms with Crippen LogP contribution in [0.15, 0.2) is 0 Å². The number of aromatic nitrogens is 2. The van der Waals surface area contributed by atoms with Gasteiger partial charge in [0.05, 0.1) is 12.2 Å². The average molecular weight is 254 g/mol. The van der Waals surface area contributed by atoms with Crippen LogP contribution in [0.2, 0.25) is 0 Å². The number of anilines is 1. The van der Waals surface area contributed by atoms with Gasteiger partial charge in [0.15, 0.2) is 0 Å². The van der Waals surface area contributed by atoms with Crippen LogP contribution in [0.3, 0.4) is 0 Å². The first-order chi connectivity index (χ1) is 8.49. The molecule has 0 aliphatic carbocycles. The van der Waals surface area contributed by atoms with Crippen LogP contribution >= 0.6 is 0 Å². The molecule has 0 amide bonds. The van der Waals surface area contributed by atoms with Gasteiger partial charge in [0.1, 0.15) is 17.7 Å². The lowest BCUT2D eigenvalue weighted by molar-refractivity contribution is 0.0882. The zero-order chi connectivity index (χ0) is 13.7. The number of methoxy groups -OCH3 is 1. The van der Waals surface area contributed by atoms with Gasteiger partial charge in [-0.3, -0.25) is 0 Å². The maximum absolute atomic E-state index is 5.75. The van der Waals surface area contributed by atoms with Crippen LogP contribution in [0.1, 0.15) is 38.1 Å². The van der Waals surface area contributed by atoms with Gasteiger partial charge < -0.3 is 14.9 Å². The predicted molar refractivity (Wildman–Crippen MR) is 70.6 cm³/mol. The number of nitrogens with one attached hydrogen (secondary N) is 1. The molecule has 0 aliphatic rings. The highest BCUT2D eigenvalue weighted by atomic mass is 16.5. The first-order valence-corrected chi connectivity index (χ1v) is 6.00. The Labute approximate surface area is 108 Å². The Bertz CT molecular complexity index is 396. The molecule has 0 saturated carbocycles. The molecule has 18 heavy (non-hydrogen) atoms. The molecule has 0 bridgehead atoms. The second-order valence-corrected chi connectivity index (χ2v) is 4.54. The topological polar surface area (TPSA) is 82.3 Å². The highest BCUT2D eigenvalue weighted by molar-refractivity contribution is 5.47. The SMILES string of the molecule is COCC(C)Oc1nc(C(C)C)nc(NN)c1C. The van der Waals surface area contributed by atoms with Crippen molar-refractivity contribution >= 4 is 5.82 Å². The van der Waals surface area contributed by atoms with Crippen LogP contribution in [0.4, 0.5) is 5.82 Å². The van der Waals surface area contributed by atoms with E-state index in [9.17, 15) is 0 Å². The molecule has 3 N–H and O–H groups in total. The van der Waals surface area contributed by atoms with Gasteiger partial charge in [0.2, 0.25) is 5.88 Å². The van der Waals surface area contributed by atoms with Gasteiger partial charge in [-0.25, -0.2) is 10.8 Å². The maximum atomic E-state index is 5.75. The third kappa shape index (κ3) is 3.54. The van der Waals surface area contributed by atoms with E-state index in [-0.39, 0.29) is 12.0 Å². The molecule has 1 heterocycles.